The van der Waals surface area contributed by atoms with Gasteiger partial charge in [-0.15, -0.1) is 0 Å². The lowest BCUT2D eigenvalue weighted by Gasteiger charge is -2.44. The van der Waals surface area contributed by atoms with Crippen molar-refractivity contribution in [3.05, 3.63) is 53.5 Å². The number of likely N-dealkylation sites (tertiary alicyclic amines) is 1. The van der Waals surface area contributed by atoms with E-state index in [0.29, 0.717) is 23.2 Å². The molecule has 27 heavy (non-hydrogen) atoms. The van der Waals surface area contributed by atoms with Crippen LogP contribution < -0.4 is 5.32 Å². The second kappa shape index (κ2) is 7.59. The molecule has 142 valence electrons. The van der Waals surface area contributed by atoms with Crippen molar-refractivity contribution in [1.29, 1.82) is 0 Å². The highest BCUT2D eigenvalue weighted by atomic mass is 16.3. The monoisotopic (exact) mass is 366 g/mol. The van der Waals surface area contributed by atoms with Crippen molar-refractivity contribution < 1.29 is 14.0 Å². The van der Waals surface area contributed by atoms with Crippen molar-refractivity contribution >= 4 is 17.5 Å². The molecule has 2 unspecified atom stereocenters. The predicted octanol–water partition coefficient (Wildman–Crippen LogP) is 4.64. The van der Waals surface area contributed by atoms with Crippen LogP contribution in [0.3, 0.4) is 0 Å². The summed E-state index contributed by atoms with van der Waals surface area (Å²) in [5, 5.41) is 2.86. The number of piperidine rings is 1. The maximum absolute atomic E-state index is 13.2. The number of hydrogen-bond donors (Lipinski definition) is 1. The number of aryl methyl sites for hydroxylation is 1. The Balaban J connectivity index is 1.54. The number of benzene rings is 1. The Kier molecular flexibility index (Phi) is 5.01. The molecule has 2 heterocycles. The average molecular weight is 366 g/mol. The summed E-state index contributed by atoms with van der Waals surface area (Å²) in [7, 11) is 0. The second-order valence-electron chi connectivity index (χ2n) is 7.71. The van der Waals surface area contributed by atoms with E-state index in [1.54, 1.807) is 18.2 Å². The van der Waals surface area contributed by atoms with Crippen LogP contribution in [0, 0.1) is 12.8 Å². The van der Waals surface area contributed by atoms with Gasteiger partial charge in [0.1, 0.15) is 0 Å². The Labute approximate surface area is 159 Å². The van der Waals surface area contributed by atoms with Crippen LogP contribution in [0.25, 0.3) is 0 Å². The molecule has 2 aromatic rings. The van der Waals surface area contributed by atoms with Gasteiger partial charge >= 0.3 is 0 Å². The number of carbonyl (C=O) groups is 2. The smallest absolute Gasteiger partial charge is 0.291 e. The first kappa shape index (κ1) is 17.8. The van der Waals surface area contributed by atoms with Crippen LogP contribution in [0.1, 0.15) is 65.0 Å². The van der Waals surface area contributed by atoms with Gasteiger partial charge in [-0.2, -0.15) is 0 Å². The van der Waals surface area contributed by atoms with Crippen LogP contribution in [-0.4, -0.2) is 29.3 Å². The third-order valence-electron chi connectivity index (χ3n) is 5.98. The normalized spacial score (nSPS) is 22.2. The number of carbonyl (C=O) groups excluding carboxylic acids is 2. The zero-order valence-electron chi connectivity index (χ0n) is 15.7. The Bertz CT molecular complexity index is 826. The lowest BCUT2D eigenvalue weighted by molar-refractivity contribution is 0.0390. The van der Waals surface area contributed by atoms with E-state index in [2.05, 4.69) is 10.2 Å². The molecule has 2 atom stereocenters. The van der Waals surface area contributed by atoms with Crippen molar-refractivity contribution in [3.8, 4) is 0 Å². The van der Waals surface area contributed by atoms with E-state index in [0.717, 1.165) is 24.9 Å². The number of hydrogen-bond acceptors (Lipinski definition) is 3. The van der Waals surface area contributed by atoms with Crippen molar-refractivity contribution in [2.75, 3.05) is 11.9 Å². The van der Waals surface area contributed by atoms with Crippen LogP contribution in [0.2, 0.25) is 0 Å². The summed E-state index contributed by atoms with van der Waals surface area (Å²) < 4.78 is 5.15. The molecule has 2 aliphatic rings. The molecule has 0 bridgehead atoms. The van der Waals surface area contributed by atoms with Crippen LogP contribution in [0.15, 0.2) is 41.0 Å². The van der Waals surface area contributed by atoms with E-state index in [4.69, 9.17) is 4.42 Å². The second-order valence-corrected chi connectivity index (χ2v) is 7.71. The van der Waals surface area contributed by atoms with Gasteiger partial charge in [-0.25, -0.2) is 0 Å². The third-order valence-corrected chi connectivity index (χ3v) is 5.98. The summed E-state index contributed by atoms with van der Waals surface area (Å²) in [6.45, 7) is 2.76. The van der Waals surface area contributed by atoms with Gasteiger partial charge in [-0.05, 0) is 68.4 Å². The minimum atomic E-state index is -0.307. The Hall–Kier alpha value is -2.56. The number of rotatable bonds is 3. The van der Waals surface area contributed by atoms with E-state index in [1.165, 1.54) is 31.9 Å². The summed E-state index contributed by atoms with van der Waals surface area (Å²) >= 11 is 0. The maximum atomic E-state index is 13.2. The number of furan rings is 1. The van der Waals surface area contributed by atoms with Crippen molar-refractivity contribution in [2.24, 2.45) is 5.92 Å². The minimum Gasteiger partial charge on any atom is -0.459 e. The quantitative estimate of drug-likeness (QED) is 0.861. The van der Waals surface area contributed by atoms with Crippen LogP contribution in [0.5, 0.6) is 0 Å². The van der Waals surface area contributed by atoms with Gasteiger partial charge < -0.3 is 14.6 Å². The van der Waals surface area contributed by atoms with E-state index in [9.17, 15) is 9.59 Å². The molecule has 5 nitrogen and oxygen atoms in total. The largest absolute Gasteiger partial charge is 0.459 e. The minimum absolute atomic E-state index is 0.0834. The lowest BCUT2D eigenvalue weighted by Crippen LogP contribution is -2.49. The predicted molar refractivity (Wildman–Crippen MR) is 104 cm³/mol. The first-order chi connectivity index (χ1) is 13.1. The molecule has 5 heteroatoms. The molecule has 1 saturated carbocycles. The van der Waals surface area contributed by atoms with Crippen molar-refractivity contribution in [1.82, 2.24) is 4.90 Å². The molecule has 0 spiro atoms. The molecule has 4 rings (SSSR count). The van der Waals surface area contributed by atoms with Gasteiger partial charge in [0.15, 0.2) is 5.76 Å². The molecule has 1 N–H and O–H groups in total. The van der Waals surface area contributed by atoms with Gasteiger partial charge in [0.05, 0.1) is 6.26 Å². The van der Waals surface area contributed by atoms with E-state index in [1.807, 2.05) is 19.1 Å². The Morgan fingerprint density at radius 3 is 2.74 bits per heavy atom. The molecule has 0 radical (unpaired) electrons. The van der Waals surface area contributed by atoms with E-state index < -0.39 is 0 Å². The molecule has 1 saturated heterocycles. The van der Waals surface area contributed by atoms with Gasteiger partial charge in [-0.3, -0.25) is 9.59 Å². The summed E-state index contributed by atoms with van der Waals surface area (Å²) in [6.07, 6.45) is 8.66. The molecule has 1 aromatic heterocycles. The van der Waals surface area contributed by atoms with Gasteiger partial charge in [0.2, 0.25) is 0 Å². The summed E-state index contributed by atoms with van der Waals surface area (Å²) in [6, 6.07) is 9.24. The Morgan fingerprint density at radius 2 is 1.93 bits per heavy atom. The highest BCUT2D eigenvalue weighted by Gasteiger charge is 2.36. The summed E-state index contributed by atoms with van der Waals surface area (Å²) in [5.74, 6) is 0.686. The topological polar surface area (TPSA) is 62.6 Å². The van der Waals surface area contributed by atoms with Gasteiger partial charge in [-0.1, -0.05) is 18.9 Å². The first-order valence-corrected chi connectivity index (χ1v) is 9.90. The van der Waals surface area contributed by atoms with Crippen LogP contribution in [-0.2, 0) is 0 Å². The zero-order chi connectivity index (χ0) is 18.8. The van der Waals surface area contributed by atoms with Crippen molar-refractivity contribution in [3.63, 3.8) is 0 Å². The molecule has 1 aliphatic carbocycles. The fourth-order valence-electron chi connectivity index (χ4n) is 4.52. The van der Waals surface area contributed by atoms with Gasteiger partial charge in [0.25, 0.3) is 11.8 Å². The zero-order valence-corrected chi connectivity index (χ0v) is 15.7. The highest BCUT2D eigenvalue weighted by molar-refractivity contribution is 6.04. The summed E-state index contributed by atoms with van der Waals surface area (Å²) in [4.78, 5) is 27.6. The number of amides is 2. The fourth-order valence-corrected chi connectivity index (χ4v) is 4.52. The SMILES string of the molecule is Cc1ccc(C(=O)N2CCCC3CCCCC32)cc1NC(=O)c1ccco1. The maximum Gasteiger partial charge on any atom is 0.291 e. The fraction of sp³-hybridized carbons (Fsp3) is 0.455. The molecular weight excluding hydrogens is 340 g/mol. The molecule has 1 aliphatic heterocycles. The number of nitrogens with one attached hydrogen (secondary N) is 1. The van der Waals surface area contributed by atoms with E-state index >= 15 is 0 Å². The van der Waals surface area contributed by atoms with Crippen LogP contribution in [0.4, 0.5) is 5.69 Å². The van der Waals surface area contributed by atoms with E-state index in [-0.39, 0.29) is 17.6 Å². The average Bonchev–Trinajstić information content (AvgIpc) is 3.24. The lowest BCUT2D eigenvalue weighted by atomic mass is 9.78. The molecule has 2 amide bonds. The Morgan fingerprint density at radius 1 is 1.11 bits per heavy atom. The summed E-state index contributed by atoms with van der Waals surface area (Å²) in [5.41, 5.74) is 2.21. The van der Waals surface area contributed by atoms with Gasteiger partial charge in [0, 0.05) is 23.8 Å². The third kappa shape index (κ3) is 3.64. The number of anilines is 1. The number of nitrogens with zero attached hydrogens (tertiary/aromatic N) is 1. The molecule has 2 fully saturated rings. The first-order valence-electron chi connectivity index (χ1n) is 9.90. The molecule has 1 aromatic carbocycles. The highest BCUT2D eigenvalue weighted by Crippen LogP contribution is 2.36. The van der Waals surface area contributed by atoms with Crippen LogP contribution >= 0.6 is 0 Å². The standard InChI is InChI=1S/C22H26N2O3/c1-15-10-11-17(14-18(15)23-21(25)20-9-5-13-27-20)22(26)24-12-4-7-16-6-2-3-8-19(16)24/h5,9-11,13-14,16,19H,2-4,6-8,12H2,1H3,(H,23,25). The number of fused-ring (bicyclic) bond motifs is 1. The van der Waals surface area contributed by atoms with Crippen molar-refractivity contribution in [2.45, 2.75) is 51.5 Å². The molecular formula is C22H26N2O3.